The van der Waals surface area contributed by atoms with E-state index in [-0.39, 0.29) is 23.7 Å². The van der Waals surface area contributed by atoms with E-state index in [0.29, 0.717) is 17.7 Å². The maximum absolute atomic E-state index is 12.5. The van der Waals surface area contributed by atoms with Crippen LogP contribution < -0.4 is 5.32 Å². The third-order valence-corrected chi connectivity index (χ3v) is 4.05. The van der Waals surface area contributed by atoms with Gasteiger partial charge >= 0.3 is 0 Å². The molecular formula is C18H23N3O2. The molecule has 0 aromatic heterocycles. The van der Waals surface area contributed by atoms with E-state index in [2.05, 4.69) is 11.4 Å². The van der Waals surface area contributed by atoms with Crippen molar-refractivity contribution in [2.45, 2.75) is 33.1 Å². The van der Waals surface area contributed by atoms with E-state index in [0.717, 1.165) is 25.9 Å². The van der Waals surface area contributed by atoms with E-state index in [1.165, 1.54) is 0 Å². The predicted octanol–water partition coefficient (Wildman–Crippen LogP) is 2.78. The second-order valence-electron chi connectivity index (χ2n) is 5.92. The van der Waals surface area contributed by atoms with E-state index in [4.69, 9.17) is 5.26 Å². The number of para-hydroxylation sites is 1. The summed E-state index contributed by atoms with van der Waals surface area (Å²) in [6.45, 7) is 5.58. The Morgan fingerprint density at radius 1 is 1.22 bits per heavy atom. The number of anilines is 1. The van der Waals surface area contributed by atoms with Crippen LogP contribution in [-0.4, -0.2) is 29.8 Å². The van der Waals surface area contributed by atoms with Gasteiger partial charge in [-0.3, -0.25) is 9.59 Å². The minimum absolute atomic E-state index is 0.0856. The number of hydrogen-bond donors (Lipinski definition) is 1. The molecule has 0 heterocycles. The number of benzene rings is 1. The number of nitriles is 1. The van der Waals surface area contributed by atoms with Crippen molar-refractivity contribution in [3.05, 3.63) is 29.8 Å². The fraction of sp³-hybridized carbons (Fsp3) is 0.500. The molecule has 0 aliphatic heterocycles. The van der Waals surface area contributed by atoms with Gasteiger partial charge in [-0.05, 0) is 31.4 Å². The van der Waals surface area contributed by atoms with Crippen LogP contribution in [0, 0.1) is 23.2 Å². The zero-order valence-electron chi connectivity index (χ0n) is 13.7. The molecule has 5 nitrogen and oxygen atoms in total. The Morgan fingerprint density at radius 3 is 2.48 bits per heavy atom. The summed E-state index contributed by atoms with van der Waals surface area (Å²) in [6, 6.07) is 8.95. The molecule has 2 rings (SSSR count). The molecule has 1 aliphatic rings. The number of rotatable bonds is 7. The van der Waals surface area contributed by atoms with Gasteiger partial charge < -0.3 is 10.2 Å². The Balaban J connectivity index is 1.96. The molecule has 1 aromatic rings. The molecule has 2 atom stereocenters. The molecule has 2 unspecified atom stereocenters. The van der Waals surface area contributed by atoms with Crippen molar-refractivity contribution in [1.29, 1.82) is 5.26 Å². The lowest BCUT2D eigenvalue weighted by atomic mass is 10.2. The molecule has 1 saturated carbocycles. The van der Waals surface area contributed by atoms with Gasteiger partial charge in [0.15, 0.2) is 0 Å². The van der Waals surface area contributed by atoms with Crippen LogP contribution in [0.25, 0.3) is 0 Å². The van der Waals surface area contributed by atoms with Crippen LogP contribution in [0.2, 0.25) is 0 Å². The Kier molecular flexibility index (Phi) is 5.75. The van der Waals surface area contributed by atoms with Gasteiger partial charge in [0.2, 0.25) is 11.8 Å². The lowest BCUT2D eigenvalue weighted by Crippen LogP contribution is -2.34. The van der Waals surface area contributed by atoms with Crippen molar-refractivity contribution in [3.63, 3.8) is 0 Å². The summed E-state index contributed by atoms with van der Waals surface area (Å²) in [5.74, 6) is -0.561. The maximum atomic E-state index is 12.5. The Bertz CT molecular complexity index is 615. The average molecular weight is 313 g/mol. The summed E-state index contributed by atoms with van der Waals surface area (Å²) in [5, 5.41) is 11.8. The SMILES string of the molecule is CCCN(CCC)C(=O)C1CC1C(=O)Nc1ccccc1C#N. The molecule has 0 radical (unpaired) electrons. The molecule has 1 N–H and O–H groups in total. The average Bonchev–Trinajstić information content (AvgIpc) is 3.35. The minimum atomic E-state index is -0.273. The first-order valence-corrected chi connectivity index (χ1v) is 8.21. The fourth-order valence-corrected chi connectivity index (χ4v) is 2.78. The number of hydrogen-bond acceptors (Lipinski definition) is 3. The van der Waals surface area contributed by atoms with Crippen molar-refractivity contribution in [3.8, 4) is 6.07 Å². The number of nitrogens with one attached hydrogen (secondary N) is 1. The first kappa shape index (κ1) is 17.0. The number of carbonyl (C=O) groups is 2. The smallest absolute Gasteiger partial charge is 0.228 e. The van der Waals surface area contributed by atoms with Crippen LogP contribution in [0.15, 0.2) is 24.3 Å². The fourth-order valence-electron chi connectivity index (χ4n) is 2.78. The number of nitrogens with zero attached hydrogens (tertiary/aromatic N) is 2. The van der Waals surface area contributed by atoms with Gasteiger partial charge in [0, 0.05) is 13.1 Å². The maximum Gasteiger partial charge on any atom is 0.228 e. The van der Waals surface area contributed by atoms with Gasteiger partial charge in [-0.1, -0.05) is 26.0 Å². The van der Waals surface area contributed by atoms with Crippen LogP contribution in [0.4, 0.5) is 5.69 Å². The Labute approximate surface area is 137 Å². The van der Waals surface area contributed by atoms with Crippen molar-refractivity contribution in [2.24, 2.45) is 11.8 Å². The topological polar surface area (TPSA) is 73.2 Å². The van der Waals surface area contributed by atoms with E-state index in [1.54, 1.807) is 24.3 Å². The first-order valence-electron chi connectivity index (χ1n) is 8.21. The van der Waals surface area contributed by atoms with Crippen LogP contribution in [0.5, 0.6) is 0 Å². The predicted molar refractivity (Wildman–Crippen MR) is 88.5 cm³/mol. The molecule has 1 fully saturated rings. The summed E-state index contributed by atoms with van der Waals surface area (Å²) in [4.78, 5) is 26.6. The molecule has 1 aliphatic carbocycles. The van der Waals surface area contributed by atoms with Crippen molar-refractivity contribution in [1.82, 2.24) is 4.90 Å². The molecule has 2 amide bonds. The summed E-state index contributed by atoms with van der Waals surface area (Å²) in [6.07, 6.45) is 2.44. The van der Waals surface area contributed by atoms with Gasteiger partial charge in [0.05, 0.1) is 23.1 Å². The third-order valence-electron chi connectivity index (χ3n) is 4.05. The molecule has 122 valence electrons. The van der Waals surface area contributed by atoms with Crippen molar-refractivity contribution >= 4 is 17.5 Å². The second kappa shape index (κ2) is 7.77. The van der Waals surface area contributed by atoms with E-state index >= 15 is 0 Å². The standard InChI is InChI=1S/C18H23N3O2/c1-3-9-21(10-4-2)18(23)15-11-14(15)17(22)20-16-8-6-5-7-13(16)12-19/h5-8,14-15H,3-4,9-11H2,1-2H3,(H,20,22). The lowest BCUT2D eigenvalue weighted by Gasteiger charge is -2.21. The van der Waals surface area contributed by atoms with Gasteiger partial charge in [-0.15, -0.1) is 0 Å². The quantitative estimate of drug-likeness (QED) is 0.841. The molecular weight excluding hydrogens is 290 g/mol. The van der Waals surface area contributed by atoms with E-state index in [1.807, 2.05) is 18.7 Å². The second-order valence-corrected chi connectivity index (χ2v) is 5.92. The number of amides is 2. The van der Waals surface area contributed by atoms with Gasteiger partial charge in [0.25, 0.3) is 0 Å². The Morgan fingerprint density at radius 2 is 1.87 bits per heavy atom. The summed E-state index contributed by atoms with van der Waals surface area (Å²) >= 11 is 0. The van der Waals surface area contributed by atoms with Crippen LogP contribution in [0.1, 0.15) is 38.7 Å². The zero-order chi connectivity index (χ0) is 16.8. The normalized spacial score (nSPS) is 18.8. The highest BCUT2D eigenvalue weighted by atomic mass is 16.2. The lowest BCUT2D eigenvalue weighted by molar-refractivity contribution is -0.134. The summed E-state index contributed by atoms with van der Waals surface area (Å²) in [5.41, 5.74) is 0.944. The third kappa shape index (κ3) is 4.10. The minimum Gasteiger partial charge on any atom is -0.342 e. The zero-order valence-corrected chi connectivity index (χ0v) is 13.7. The van der Waals surface area contributed by atoms with E-state index in [9.17, 15) is 9.59 Å². The van der Waals surface area contributed by atoms with Gasteiger partial charge in [0.1, 0.15) is 6.07 Å². The molecule has 23 heavy (non-hydrogen) atoms. The molecule has 0 spiro atoms. The molecule has 5 heteroatoms. The molecule has 0 bridgehead atoms. The van der Waals surface area contributed by atoms with Crippen LogP contribution in [-0.2, 0) is 9.59 Å². The van der Waals surface area contributed by atoms with Crippen molar-refractivity contribution < 1.29 is 9.59 Å². The van der Waals surface area contributed by atoms with Gasteiger partial charge in [-0.25, -0.2) is 0 Å². The monoisotopic (exact) mass is 313 g/mol. The number of carbonyl (C=O) groups excluding carboxylic acids is 2. The largest absolute Gasteiger partial charge is 0.342 e. The Hall–Kier alpha value is -2.35. The van der Waals surface area contributed by atoms with Crippen LogP contribution >= 0.6 is 0 Å². The molecule has 0 saturated heterocycles. The van der Waals surface area contributed by atoms with Gasteiger partial charge in [-0.2, -0.15) is 5.26 Å². The summed E-state index contributed by atoms with van der Waals surface area (Å²) < 4.78 is 0. The first-order chi connectivity index (χ1) is 11.1. The van der Waals surface area contributed by atoms with Crippen molar-refractivity contribution in [2.75, 3.05) is 18.4 Å². The summed E-state index contributed by atoms with van der Waals surface area (Å²) in [7, 11) is 0. The van der Waals surface area contributed by atoms with Crippen LogP contribution in [0.3, 0.4) is 0 Å². The highest BCUT2D eigenvalue weighted by molar-refractivity contribution is 6.00. The highest BCUT2D eigenvalue weighted by Crippen LogP contribution is 2.41. The molecule has 1 aromatic carbocycles. The van der Waals surface area contributed by atoms with E-state index < -0.39 is 0 Å². The highest BCUT2D eigenvalue weighted by Gasteiger charge is 2.49.